The van der Waals surface area contributed by atoms with Crippen molar-refractivity contribution in [3.63, 3.8) is 0 Å². The fourth-order valence-corrected chi connectivity index (χ4v) is 1.72. The van der Waals surface area contributed by atoms with Crippen LogP contribution in [0.2, 0.25) is 0 Å². The van der Waals surface area contributed by atoms with Gasteiger partial charge in [0.25, 0.3) is 0 Å². The third-order valence-electron chi connectivity index (χ3n) is 2.36. The van der Waals surface area contributed by atoms with Crippen molar-refractivity contribution >= 4 is 0 Å². The first-order valence-corrected chi connectivity index (χ1v) is 3.98. The van der Waals surface area contributed by atoms with Gasteiger partial charge in [-0.25, -0.2) is 0 Å². The molecule has 0 aliphatic heterocycles. The molecule has 1 aliphatic carbocycles. The van der Waals surface area contributed by atoms with Crippen LogP contribution >= 0.6 is 0 Å². The average Bonchev–Trinajstić information content (AvgIpc) is 1.81. The maximum Gasteiger partial charge on any atom is 0.0800 e. The molecule has 1 aliphatic rings. The van der Waals surface area contributed by atoms with E-state index in [0.717, 1.165) is 5.57 Å². The molecule has 2 atom stereocenters. The summed E-state index contributed by atoms with van der Waals surface area (Å²) in [5, 5.41) is 19.0. The van der Waals surface area contributed by atoms with E-state index in [4.69, 9.17) is 0 Å². The third-order valence-corrected chi connectivity index (χ3v) is 2.36. The van der Waals surface area contributed by atoms with Crippen molar-refractivity contribution < 1.29 is 10.2 Å². The van der Waals surface area contributed by atoms with Crippen LogP contribution in [0.25, 0.3) is 0 Å². The van der Waals surface area contributed by atoms with E-state index in [9.17, 15) is 10.2 Å². The number of aliphatic hydroxyl groups is 2. The van der Waals surface area contributed by atoms with Crippen LogP contribution in [-0.2, 0) is 0 Å². The van der Waals surface area contributed by atoms with Gasteiger partial charge >= 0.3 is 0 Å². The van der Waals surface area contributed by atoms with Crippen LogP contribution in [0.1, 0.15) is 27.2 Å². The SMILES string of the molecule is CC1=CC(O)CC(C)(C)C1O. The molecule has 2 heteroatoms. The highest BCUT2D eigenvalue weighted by Crippen LogP contribution is 2.35. The van der Waals surface area contributed by atoms with Crippen LogP contribution in [0.15, 0.2) is 11.6 Å². The van der Waals surface area contributed by atoms with Crippen molar-refractivity contribution in [2.45, 2.75) is 39.4 Å². The fourth-order valence-electron chi connectivity index (χ4n) is 1.72. The fraction of sp³-hybridized carbons (Fsp3) is 0.778. The van der Waals surface area contributed by atoms with Crippen molar-refractivity contribution in [1.82, 2.24) is 0 Å². The Morgan fingerprint density at radius 2 is 2.00 bits per heavy atom. The van der Waals surface area contributed by atoms with Gasteiger partial charge in [-0.05, 0) is 24.3 Å². The van der Waals surface area contributed by atoms with E-state index in [-0.39, 0.29) is 11.5 Å². The quantitative estimate of drug-likeness (QED) is 0.515. The maximum absolute atomic E-state index is 9.64. The van der Waals surface area contributed by atoms with Gasteiger partial charge in [-0.2, -0.15) is 0 Å². The van der Waals surface area contributed by atoms with E-state index < -0.39 is 6.10 Å². The zero-order valence-corrected chi connectivity index (χ0v) is 7.33. The van der Waals surface area contributed by atoms with Crippen molar-refractivity contribution in [3.05, 3.63) is 11.6 Å². The molecule has 0 heterocycles. The lowest BCUT2D eigenvalue weighted by Crippen LogP contribution is -2.37. The molecule has 2 unspecified atom stereocenters. The van der Waals surface area contributed by atoms with Crippen LogP contribution in [-0.4, -0.2) is 22.4 Å². The highest BCUT2D eigenvalue weighted by atomic mass is 16.3. The molecule has 2 nitrogen and oxygen atoms in total. The van der Waals surface area contributed by atoms with E-state index >= 15 is 0 Å². The number of rotatable bonds is 0. The normalized spacial score (nSPS) is 36.6. The lowest BCUT2D eigenvalue weighted by molar-refractivity contribution is 0.0277. The highest BCUT2D eigenvalue weighted by Gasteiger charge is 2.34. The van der Waals surface area contributed by atoms with Gasteiger partial charge in [0.15, 0.2) is 0 Å². The van der Waals surface area contributed by atoms with E-state index in [2.05, 4.69) is 0 Å². The van der Waals surface area contributed by atoms with E-state index in [0.29, 0.717) is 6.42 Å². The third kappa shape index (κ3) is 1.63. The molecule has 0 saturated carbocycles. The molecule has 0 radical (unpaired) electrons. The zero-order chi connectivity index (χ0) is 8.65. The summed E-state index contributed by atoms with van der Waals surface area (Å²) in [4.78, 5) is 0. The molecule has 0 amide bonds. The Bertz CT molecular complexity index is 182. The molecule has 1 rings (SSSR count). The molecule has 0 aromatic heterocycles. The predicted octanol–water partition coefficient (Wildman–Crippen LogP) is 1.08. The van der Waals surface area contributed by atoms with Crippen LogP contribution < -0.4 is 0 Å². The molecule has 0 fully saturated rings. The molecule has 0 aromatic carbocycles. The summed E-state index contributed by atoms with van der Waals surface area (Å²) < 4.78 is 0. The van der Waals surface area contributed by atoms with Gasteiger partial charge in [-0.3, -0.25) is 0 Å². The van der Waals surface area contributed by atoms with Gasteiger partial charge in [-0.15, -0.1) is 0 Å². The Morgan fingerprint density at radius 1 is 1.45 bits per heavy atom. The summed E-state index contributed by atoms with van der Waals surface area (Å²) in [5.74, 6) is 0. The largest absolute Gasteiger partial charge is 0.389 e. The Kier molecular flexibility index (Phi) is 2.08. The lowest BCUT2D eigenvalue weighted by Gasteiger charge is -2.36. The molecule has 64 valence electrons. The predicted molar refractivity (Wildman–Crippen MR) is 44.2 cm³/mol. The summed E-state index contributed by atoms with van der Waals surface area (Å²) >= 11 is 0. The summed E-state index contributed by atoms with van der Waals surface area (Å²) in [7, 11) is 0. The first-order valence-electron chi connectivity index (χ1n) is 3.98. The van der Waals surface area contributed by atoms with Crippen molar-refractivity contribution in [3.8, 4) is 0 Å². The summed E-state index contributed by atoms with van der Waals surface area (Å²) in [6.45, 7) is 5.80. The first kappa shape index (κ1) is 8.75. The van der Waals surface area contributed by atoms with Crippen LogP contribution in [0, 0.1) is 5.41 Å². The Labute approximate surface area is 67.6 Å². The second-order valence-corrected chi connectivity index (χ2v) is 4.07. The van der Waals surface area contributed by atoms with Gasteiger partial charge < -0.3 is 10.2 Å². The van der Waals surface area contributed by atoms with Crippen LogP contribution in [0.5, 0.6) is 0 Å². The molecule has 0 aromatic rings. The molecule has 2 N–H and O–H groups in total. The second kappa shape index (κ2) is 2.61. The Balaban J connectivity index is 2.86. The number of hydrogen-bond acceptors (Lipinski definition) is 2. The van der Waals surface area contributed by atoms with Gasteiger partial charge in [0, 0.05) is 0 Å². The first-order chi connectivity index (χ1) is 4.93. The van der Waals surface area contributed by atoms with Crippen molar-refractivity contribution in [2.24, 2.45) is 5.41 Å². The molecule has 0 bridgehead atoms. The maximum atomic E-state index is 9.64. The minimum atomic E-state index is -0.397. The van der Waals surface area contributed by atoms with E-state index in [1.165, 1.54) is 0 Å². The highest BCUT2D eigenvalue weighted by molar-refractivity contribution is 5.16. The lowest BCUT2D eigenvalue weighted by atomic mass is 9.74. The van der Waals surface area contributed by atoms with E-state index in [1.807, 2.05) is 20.8 Å². The summed E-state index contributed by atoms with van der Waals surface area (Å²) in [5.41, 5.74) is 0.701. The molecule has 0 spiro atoms. The molecule has 0 saturated heterocycles. The van der Waals surface area contributed by atoms with E-state index in [1.54, 1.807) is 6.08 Å². The van der Waals surface area contributed by atoms with Crippen molar-refractivity contribution in [1.29, 1.82) is 0 Å². The zero-order valence-electron chi connectivity index (χ0n) is 7.33. The van der Waals surface area contributed by atoms with Crippen molar-refractivity contribution in [2.75, 3.05) is 0 Å². The smallest absolute Gasteiger partial charge is 0.0800 e. The Morgan fingerprint density at radius 3 is 2.45 bits per heavy atom. The van der Waals surface area contributed by atoms with Crippen LogP contribution in [0.3, 0.4) is 0 Å². The summed E-state index contributed by atoms with van der Waals surface area (Å²) in [6.07, 6.45) is 1.60. The monoisotopic (exact) mass is 156 g/mol. The van der Waals surface area contributed by atoms with Gasteiger partial charge in [0.2, 0.25) is 0 Å². The van der Waals surface area contributed by atoms with Crippen LogP contribution in [0.4, 0.5) is 0 Å². The average molecular weight is 156 g/mol. The molecular weight excluding hydrogens is 140 g/mol. The standard InChI is InChI=1S/C9H16O2/c1-6-4-7(10)5-9(2,3)8(6)11/h4,7-8,10-11H,5H2,1-3H3. The second-order valence-electron chi connectivity index (χ2n) is 4.07. The van der Waals surface area contributed by atoms with Gasteiger partial charge in [0.1, 0.15) is 0 Å². The Hall–Kier alpha value is -0.340. The minimum Gasteiger partial charge on any atom is -0.389 e. The summed E-state index contributed by atoms with van der Waals surface area (Å²) in [6, 6.07) is 0. The number of aliphatic hydroxyl groups excluding tert-OH is 2. The number of hydrogen-bond donors (Lipinski definition) is 2. The topological polar surface area (TPSA) is 40.5 Å². The van der Waals surface area contributed by atoms with Gasteiger partial charge in [-0.1, -0.05) is 19.9 Å². The van der Waals surface area contributed by atoms with Gasteiger partial charge in [0.05, 0.1) is 12.2 Å². The molecule has 11 heavy (non-hydrogen) atoms. The minimum absolute atomic E-state index is 0.182. The molecular formula is C9H16O2.